The molecule has 1 fully saturated rings. The summed E-state index contributed by atoms with van der Waals surface area (Å²) in [6.07, 6.45) is 4.11. The minimum atomic E-state index is -0.534. The van der Waals surface area contributed by atoms with Crippen molar-refractivity contribution < 1.29 is 13.5 Å². The Balaban J connectivity index is 0.00000300. The van der Waals surface area contributed by atoms with Crippen LogP contribution in [0.25, 0.3) is 0 Å². The molecule has 0 bridgehead atoms. The summed E-state index contributed by atoms with van der Waals surface area (Å²) < 4.78 is 33.6. The first-order valence-corrected chi connectivity index (χ1v) is 9.44. The number of para-hydroxylation sites is 1. The van der Waals surface area contributed by atoms with E-state index in [-0.39, 0.29) is 35.7 Å². The summed E-state index contributed by atoms with van der Waals surface area (Å²) >= 11 is 0. The zero-order valence-corrected chi connectivity index (χ0v) is 18.6. The van der Waals surface area contributed by atoms with Gasteiger partial charge in [-0.25, -0.2) is 13.8 Å². The lowest BCUT2D eigenvalue weighted by atomic mass is 10.2. The molecule has 6 nitrogen and oxygen atoms in total. The van der Waals surface area contributed by atoms with Crippen molar-refractivity contribution in [1.29, 1.82) is 0 Å². The van der Waals surface area contributed by atoms with Crippen LogP contribution in [0.1, 0.15) is 13.3 Å². The molecule has 2 N–H and O–H groups in total. The number of guanidine groups is 1. The summed E-state index contributed by atoms with van der Waals surface area (Å²) in [4.78, 5) is 10.2. The number of halogens is 3. The summed E-state index contributed by atoms with van der Waals surface area (Å²) in [5.74, 6) is 0.301. The number of nitrogens with one attached hydrogen (secondary N) is 2. The summed E-state index contributed by atoms with van der Waals surface area (Å²) in [5.41, 5.74) is 0.0404. The highest BCUT2D eigenvalue weighted by Gasteiger charge is 2.27. The Morgan fingerprint density at radius 3 is 2.76 bits per heavy atom. The second kappa shape index (κ2) is 11.7. The minimum absolute atomic E-state index is 0. The fourth-order valence-electron chi connectivity index (χ4n) is 3.14. The molecule has 1 aromatic heterocycles. The maximum atomic E-state index is 14.0. The van der Waals surface area contributed by atoms with Gasteiger partial charge in [0.25, 0.3) is 0 Å². The van der Waals surface area contributed by atoms with E-state index in [1.807, 2.05) is 19.1 Å². The van der Waals surface area contributed by atoms with Crippen molar-refractivity contribution in [2.75, 3.05) is 37.7 Å². The van der Waals surface area contributed by atoms with Gasteiger partial charge in [0.05, 0.1) is 12.7 Å². The van der Waals surface area contributed by atoms with Crippen LogP contribution in [0.2, 0.25) is 0 Å². The molecule has 0 aliphatic carbocycles. The number of pyridine rings is 1. The molecule has 1 unspecified atom stereocenters. The van der Waals surface area contributed by atoms with E-state index < -0.39 is 11.6 Å². The molecule has 0 amide bonds. The van der Waals surface area contributed by atoms with Crippen LogP contribution >= 0.6 is 24.0 Å². The first kappa shape index (κ1) is 23.1. The van der Waals surface area contributed by atoms with Crippen LogP contribution in [-0.4, -0.2) is 49.8 Å². The van der Waals surface area contributed by atoms with E-state index in [9.17, 15) is 8.78 Å². The van der Waals surface area contributed by atoms with Crippen LogP contribution in [0.4, 0.5) is 14.5 Å². The van der Waals surface area contributed by atoms with Crippen LogP contribution in [-0.2, 0) is 0 Å². The van der Waals surface area contributed by atoms with Gasteiger partial charge in [-0.1, -0.05) is 6.07 Å². The minimum Gasteiger partial charge on any atom is -0.490 e. The Labute approximate surface area is 186 Å². The lowest BCUT2D eigenvalue weighted by molar-refractivity contribution is 0.327. The fraction of sp³-hybridized carbons (Fsp3) is 0.400. The molecular formula is C20H26F2IN5O. The van der Waals surface area contributed by atoms with Crippen molar-refractivity contribution in [1.82, 2.24) is 15.6 Å². The van der Waals surface area contributed by atoms with Crippen LogP contribution in [0.5, 0.6) is 5.75 Å². The van der Waals surface area contributed by atoms with Crippen LogP contribution in [0.15, 0.2) is 47.7 Å². The van der Waals surface area contributed by atoms with Gasteiger partial charge >= 0.3 is 0 Å². The van der Waals surface area contributed by atoms with Gasteiger partial charge in [-0.05, 0) is 37.6 Å². The third-order valence-electron chi connectivity index (χ3n) is 4.39. The van der Waals surface area contributed by atoms with Crippen molar-refractivity contribution in [2.24, 2.45) is 4.99 Å². The monoisotopic (exact) mass is 517 g/mol. The molecule has 1 atom stereocenters. The molecule has 2 heterocycles. The molecule has 1 aromatic carbocycles. The average molecular weight is 517 g/mol. The van der Waals surface area contributed by atoms with Gasteiger partial charge in [-0.3, -0.25) is 4.98 Å². The zero-order chi connectivity index (χ0) is 19.8. The van der Waals surface area contributed by atoms with Gasteiger partial charge in [0.15, 0.2) is 5.96 Å². The number of benzene rings is 1. The summed E-state index contributed by atoms with van der Waals surface area (Å²) in [7, 11) is 0. The zero-order valence-electron chi connectivity index (χ0n) is 16.3. The quantitative estimate of drug-likeness (QED) is 0.256. The van der Waals surface area contributed by atoms with Gasteiger partial charge in [-0.2, -0.15) is 0 Å². The SMILES string of the molecule is CCNC(=NCCOc1cccnc1)NC1CCN(c2c(F)cccc2F)C1.I. The lowest BCUT2D eigenvalue weighted by Gasteiger charge is -2.21. The van der Waals surface area contributed by atoms with E-state index in [2.05, 4.69) is 20.6 Å². The lowest BCUT2D eigenvalue weighted by Crippen LogP contribution is -2.45. The number of hydrogen-bond donors (Lipinski definition) is 2. The largest absolute Gasteiger partial charge is 0.490 e. The topological polar surface area (TPSA) is 61.8 Å². The maximum absolute atomic E-state index is 14.0. The molecule has 3 rings (SSSR count). The van der Waals surface area contributed by atoms with Gasteiger partial charge in [0, 0.05) is 31.9 Å². The van der Waals surface area contributed by atoms with E-state index in [0.717, 1.165) is 6.42 Å². The van der Waals surface area contributed by atoms with E-state index >= 15 is 0 Å². The van der Waals surface area contributed by atoms with Crippen molar-refractivity contribution in [2.45, 2.75) is 19.4 Å². The normalized spacial score (nSPS) is 16.3. The molecule has 0 radical (unpaired) electrons. The number of rotatable bonds is 7. The molecule has 158 valence electrons. The number of ether oxygens (including phenoxy) is 1. The van der Waals surface area contributed by atoms with Crippen molar-refractivity contribution in [3.63, 3.8) is 0 Å². The molecule has 1 aliphatic rings. The highest BCUT2D eigenvalue weighted by Crippen LogP contribution is 2.26. The molecular weight excluding hydrogens is 491 g/mol. The maximum Gasteiger partial charge on any atom is 0.191 e. The number of aromatic nitrogens is 1. The number of aliphatic imine (C=N–C) groups is 1. The molecule has 1 aliphatic heterocycles. The highest BCUT2D eigenvalue weighted by atomic mass is 127. The summed E-state index contributed by atoms with van der Waals surface area (Å²) in [5, 5.41) is 6.53. The van der Waals surface area contributed by atoms with Crippen molar-refractivity contribution in [3.8, 4) is 5.75 Å². The molecule has 2 aromatic rings. The Morgan fingerprint density at radius 1 is 1.28 bits per heavy atom. The predicted molar refractivity (Wildman–Crippen MR) is 121 cm³/mol. The number of anilines is 1. The Morgan fingerprint density at radius 2 is 2.07 bits per heavy atom. The Bertz CT molecular complexity index is 773. The summed E-state index contributed by atoms with van der Waals surface area (Å²) in [6, 6.07) is 7.66. The summed E-state index contributed by atoms with van der Waals surface area (Å²) in [6.45, 7) is 4.70. The second-order valence-electron chi connectivity index (χ2n) is 6.44. The predicted octanol–water partition coefficient (Wildman–Crippen LogP) is 3.19. The van der Waals surface area contributed by atoms with Crippen LogP contribution in [0.3, 0.4) is 0 Å². The molecule has 1 saturated heterocycles. The van der Waals surface area contributed by atoms with Crippen LogP contribution < -0.4 is 20.3 Å². The Kier molecular flexibility index (Phi) is 9.36. The second-order valence-corrected chi connectivity index (χ2v) is 6.44. The molecule has 0 saturated carbocycles. The van der Waals surface area contributed by atoms with Gasteiger partial charge in [0.2, 0.25) is 0 Å². The third-order valence-corrected chi connectivity index (χ3v) is 4.39. The van der Waals surface area contributed by atoms with E-state index in [1.54, 1.807) is 17.3 Å². The first-order valence-electron chi connectivity index (χ1n) is 9.44. The van der Waals surface area contributed by atoms with Crippen LogP contribution in [0, 0.1) is 11.6 Å². The van der Waals surface area contributed by atoms with E-state index in [1.165, 1.54) is 18.2 Å². The highest BCUT2D eigenvalue weighted by molar-refractivity contribution is 14.0. The van der Waals surface area contributed by atoms with Gasteiger partial charge < -0.3 is 20.3 Å². The van der Waals surface area contributed by atoms with Gasteiger partial charge in [0.1, 0.15) is 29.7 Å². The molecule has 29 heavy (non-hydrogen) atoms. The number of nitrogens with zero attached hydrogens (tertiary/aromatic N) is 3. The Hall–Kier alpha value is -2.17. The smallest absolute Gasteiger partial charge is 0.191 e. The fourth-order valence-corrected chi connectivity index (χ4v) is 3.14. The van der Waals surface area contributed by atoms with Crippen molar-refractivity contribution in [3.05, 3.63) is 54.4 Å². The molecule has 0 spiro atoms. The van der Waals surface area contributed by atoms with Crippen molar-refractivity contribution >= 4 is 35.6 Å². The third kappa shape index (κ3) is 6.69. The standard InChI is InChI=1S/C20H25F2N5O.HI/c1-2-24-20(25-10-12-28-16-5-4-9-23-13-16)26-15-8-11-27(14-15)19-17(21)6-3-7-18(19)22;/h3-7,9,13,15H,2,8,10-12,14H2,1H3,(H2,24,25,26);1H. The number of hydrogen-bond acceptors (Lipinski definition) is 4. The van der Waals surface area contributed by atoms with E-state index in [4.69, 9.17) is 4.74 Å². The average Bonchev–Trinajstić information content (AvgIpc) is 3.14. The first-order chi connectivity index (χ1) is 13.7. The van der Waals surface area contributed by atoms with Gasteiger partial charge in [-0.15, -0.1) is 24.0 Å². The van der Waals surface area contributed by atoms with E-state index in [0.29, 0.717) is 44.5 Å². The molecule has 9 heteroatoms.